The van der Waals surface area contributed by atoms with Gasteiger partial charge in [-0.1, -0.05) is 34.6 Å². The largest absolute Gasteiger partial charge is 0.276 e. The molecule has 0 aromatic carbocycles. The first-order chi connectivity index (χ1) is 7.39. The van der Waals surface area contributed by atoms with Crippen molar-refractivity contribution in [3.8, 4) is 0 Å². The summed E-state index contributed by atoms with van der Waals surface area (Å²) in [5.74, 6) is 0.481. The number of nitrogens with one attached hydrogen (secondary N) is 1. The molecule has 0 amide bonds. The maximum atomic E-state index is 4.73. The van der Waals surface area contributed by atoms with Crippen LogP contribution in [0.3, 0.4) is 0 Å². The standard InChI is InChI=1S/C13H19N3/c1-8(2)9-6-10-11(7-14-16-10)15-12(9)13(3,4)5/h6-8H,1-5H3,(H,14,16). The predicted molar refractivity (Wildman–Crippen MR) is 66.7 cm³/mol. The molecule has 2 rings (SSSR count). The van der Waals surface area contributed by atoms with E-state index in [4.69, 9.17) is 4.98 Å². The van der Waals surface area contributed by atoms with Gasteiger partial charge in [-0.15, -0.1) is 0 Å². The van der Waals surface area contributed by atoms with Gasteiger partial charge in [0.1, 0.15) is 5.52 Å². The molecule has 0 aliphatic rings. The van der Waals surface area contributed by atoms with Gasteiger partial charge in [-0.3, -0.25) is 5.10 Å². The highest BCUT2D eigenvalue weighted by molar-refractivity contribution is 5.74. The van der Waals surface area contributed by atoms with Crippen molar-refractivity contribution in [1.29, 1.82) is 0 Å². The Bertz CT molecular complexity index is 503. The summed E-state index contributed by atoms with van der Waals surface area (Å²) in [4.78, 5) is 4.73. The third kappa shape index (κ3) is 1.82. The van der Waals surface area contributed by atoms with Gasteiger partial charge in [-0.25, -0.2) is 4.98 Å². The summed E-state index contributed by atoms with van der Waals surface area (Å²) in [6.07, 6.45) is 1.79. The molecule has 16 heavy (non-hydrogen) atoms. The van der Waals surface area contributed by atoms with Crippen molar-refractivity contribution in [2.24, 2.45) is 0 Å². The van der Waals surface area contributed by atoms with Crippen molar-refractivity contribution in [1.82, 2.24) is 15.2 Å². The Hall–Kier alpha value is -1.38. The zero-order valence-electron chi connectivity index (χ0n) is 10.6. The Balaban J connectivity index is 2.72. The average molecular weight is 217 g/mol. The second-order valence-electron chi connectivity index (χ2n) is 5.63. The van der Waals surface area contributed by atoms with Gasteiger partial charge in [-0.2, -0.15) is 5.10 Å². The summed E-state index contributed by atoms with van der Waals surface area (Å²) in [5.41, 5.74) is 4.54. The number of aromatic amines is 1. The van der Waals surface area contributed by atoms with Crippen LogP contribution in [-0.2, 0) is 5.41 Å². The molecule has 0 bridgehead atoms. The van der Waals surface area contributed by atoms with E-state index in [9.17, 15) is 0 Å². The van der Waals surface area contributed by atoms with Crippen LogP contribution in [0.15, 0.2) is 12.3 Å². The molecule has 2 aromatic heterocycles. The van der Waals surface area contributed by atoms with Gasteiger partial charge in [0.05, 0.1) is 17.4 Å². The van der Waals surface area contributed by atoms with Crippen LogP contribution >= 0.6 is 0 Å². The van der Waals surface area contributed by atoms with E-state index in [1.54, 1.807) is 6.20 Å². The van der Waals surface area contributed by atoms with Crippen LogP contribution < -0.4 is 0 Å². The number of hydrogen-bond acceptors (Lipinski definition) is 2. The highest BCUT2D eigenvalue weighted by Crippen LogP contribution is 2.30. The molecule has 0 aliphatic carbocycles. The average Bonchev–Trinajstić information content (AvgIpc) is 2.60. The number of rotatable bonds is 1. The number of pyridine rings is 1. The minimum absolute atomic E-state index is 0.0745. The Morgan fingerprint density at radius 3 is 2.50 bits per heavy atom. The van der Waals surface area contributed by atoms with Gasteiger partial charge in [0, 0.05) is 5.41 Å². The van der Waals surface area contributed by atoms with Crippen molar-refractivity contribution in [3.63, 3.8) is 0 Å². The summed E-state index contributed by atoms with van der Waals surface area (Å²) < 4.78 is 0. The van der Waals surface area contributed by atoms with Crippen LogP contribution in [0.4, 0.5) is 0 Å². The highest BCUT2D eigenvalue weighted by Gasteiger charge is 2.22. The Kier molecular flexibility index (Phi) is 2.49. The molecule has 0 spiro atoms. The smallest absolute Gasteiger partial charge is 0.108 e. The maximum absolute atomic E-state index is 4.73. The molecule has 2 heterocycles. The second-order valence-corrected chi connectivity index (χ2v) is 5.63. The lowest BCUT2D eigenvalue weighted by Crippen LogP contribution is -2.17. The highest BCUT2D eigenvalue weighted by atomic mass is 15.1. The summed E-state index contributed by atoms with van der Waals surface area (Å²) in [5, 5.41) is 7.02. The van der Waals surface area contributed by atoms with Crippen LogP contribution in [0.25, 0.3) is 11.0 Å². The first-order valence-electron chi connectivity index (χ1n) is 5.74. The van der Waals surface area contributed by atoms with Crippen molar-refractivity contribution in [2.75, 3.05) is 0 Å². The van der Waals surface area contributed by atoms with Gasteiger partial charge in [0.25, 0.3) is 0 Å². The fourth-order valence-corrected chi connectivity index (χ4v) is 1.93. The van der Waals surface area contributed by atoms with Crippen LogP contribution in [0, 0.1) is 0 Å². The molecule has 3 nitrogen and oxygen atoms in total. The molecule has 3 heteroatoms. The van der Waals surface area contributed by atoms with E-state index in [1.165, 1.54) is 11.3 Å². The minimum atomic E-state index is 0.0745. The molecule has 0 saturated carbocycles. The lowest BCUT2D eigenvalue weighted by Gasteiger charge is -2.23. The van der Waals surface area contributed by atoms with Crippen LogP contribution in [-0.4, -0.2) is 15.2 Å². The summed E-state index contributed by atoms with van der Waals surface area (Å²) in [6, 6.07) is 2.18. The molecule has 0 unspecified atom stereocenters. The molecule has 2 aromatic rings. The van der Waals surface area contributed by atoms with E-state index in [-0.39, 0.29) is 5.41 Å². The lowest BCUT2D eigenvalue weighted by atomic mass is 9.85. The molecular weight excluding hydrogens is 198 g/mol. The lowest BCUT2D eigenvalue weighted by molar-refractivity contribution is 0.558. The molecule has 0 atom stereocenters. The topological polar surface area (TPSA) is 41.6 Å². The van der Waals surface area contributed by atoms with Crippen LogP contribution in [0.1, 0.15) is 51.8 Å². The van der Waals surface area contributed by atoms with E-state index in [0.29, 0.717) is 5.92 Å². The molecule has 0 radical (unpaired) electrons. The summed E-state index contributed by atoms with van der Waals surface area (Å²) >= 11 is 0. The molecular formula is C13H19N3. The number of fused-ring (bicyclic) bond motifs is 1. The normalized spacial score (nSPS) is 12.6. The second kappa shape index (κ2) is 3.58. The van der Waals surface area contributed by atoms with Gasteiger partial charge >= 0.3 is 0 Å². The fraction of sp³-hybridized carbons (Fsp3) is 0.538. The van der Waals surface area contributed by atoms with Gasteiger partial charge < -0.3 is 0 Å². The van der Waals surface area contributed by atoms with Crippen LogP contribution in [0.2, 0.25) is 0 Å². The van der Waals surface area contributed by atoms with Gasteiger partial charge in [-0.05, 0) is 17.5 Å². The van der Waals surface area contributed by atoms with Crippen molar-refractivity contribution >= 4 is 11.0 Å². The van der Waals surface area contributed by atoms with E-state index in [2.05, 4.69) is 50.9 Å². The third-order valence-corrected chi connectivity index (χ3v) is 2.79. The predicted octanol–water partition coefficient (Wildman–Crippen LogP) is 3.38. The zero-order chi connectivity index (χ0) is 11.9. The van der Waals surface area contributed by atoms with Gasteiger partial charge in [0.2, 0.25) is 0 Å². The summed E-state index contributed by atoms with van der Waals surface area (Å²) in [6.45, 7) is 11.0. The number of H-pyrrole nitrogens is 1. The van der Waals surface area contributed by atoms with Crippen molar-refractivity contribution in [2.45, 2.75) is 46.0 Å². The van der Waals surface area contributed by atoms with Crippen LogP contribution in [0.5, 0.6) is 0 Å². The maximum Gasteiger partial charge on any atom is 0.108 e. The SMILES string of the molecule is CC(C)c1cc2[nH]ncc2nc1C(C)(C)C. The molecule has 0 saturated heterocycles. The first kappa shape index (κ1) is 11.1. The monoisotopic (exact) mass is 217 g/mol. The fourth-order valence-electron chi connectivity index (χ4n) is 1.93. The Morgan fingerprint density at radius 2 is 1.94 bits per heavy atom. The number of aromatic nitrogens is 3. The van der Waals surface area contributed by atoms with E-state index in [0.717, 1.165) is 11.0 Å². The zero-order valence-corrected chi connectivity index (χ0v) is 10.6. The first-order valence-corrected chi connectivity index (χ1v) is 5.74. The molecule has 0 aliphatic heterocycles. The van der Waals surface area contributed by atoms with E-state index < -0.39 is 0 Å². The number of nitrogens with zero attached hydrogens (tertiary/aromatic N) is 2. The third-order valence-electron chi connectivity index (χ3n) is 2.79. The van der Waals surface area contributed by atoms with E-state index in [1.807, 2.05) is 0 Å². The van der Waals surface area contributed by atoms with Gasteiger partial charge in [0.15, 0.2) is 0 Å². The molecule has 0 fully saturated rings. The Labute approximate surface area is 96.3 Å². The molecule has 86 valence electrons. The van der Waals surface area contributed by atoms with Crippen molar-refractivity contribution in [3.05, 3.63) is 23.5 Å². The van der Waals surface area contributed by atoms with E-state index >= 15 is 0 Å². The Morgan fingerprint density at radius 1 is 1.25 bits per heavy atom. The summed E-state index contributed by atoms with van der Waals surface area (Å²) in [7, 11) is 0. The molecule has 1 N–H and O–H groups in total. The van der Waals surface area contributed by atoms with Crippen molar-refractivity contribution < 1.29 is 0 Å². The quantitative estimate of drug-likeness (QED) is 0.795. The minimum Gasteiger partial charge on any atom is -0.276 e. The number of hydrogen-bond donors (Lipinski definition) is 1.